The van der Waals surface area contributed by atoms with Gasteiger partial charge in [-0.05, 0) is 38.1 Å². The van der Waals surface area contributed by atoms with Gasteiger partial charge >= 0.3 is 0 Å². The maximum Gasteiger partial charge on any atom is 0.182 e. The van der Waals surface area contributed by atoms with Gasteiger partial charge in [0.15, 0.2) is 5.78 Å². The van der Waals surface area contributed by atoms with Crippen molar-refractivity contribution in [1.82, 2.24) is 4.90 Å². The number of Topliss-reactive ketones (excluding diaryl/α,β-unsaturated/α-hetero) is 1. The van der Waals surface area contributed by atoms with Gasteiger partial charge in [-0.2, -0.15) is 0 Å². The summed E-state index contributed by atoms with van der Waals surface area (Å²) in [5.41, 5.74) is -0.0546. The molecule has 0 aromatic heterocycles. The summed E-state index contributed by atoms with van der Waals surface area (Å²) in [6.45, 7) is 6.42. The van der Waals surface area contributed by atoms with Crippen LogP contribution in [-0.2, 0) is 9.47 Å². The third-order valence-electron chi connectivity index (χ3n) is 3.95. The number of carbonyl (C=O) groups excluding carboxylic acids is 1. The van der Waals surface area contributed by atoms with Gasteiger partial charge in [0.05, 0.1) is 25.4 Å². The average Bonchev–Trinajstić information content (AvgIpc) is 2.59. The van der Waals surface area contributed by atoms with Gasteiger partial charge in [-0.15, -0.1) is 0 Å². The Labute approximate surface area is 144 Å². The van der Waals surface area contributed by atoms with Crippen LogP contribution in [0.5, 0.6) is 5.75 Å². The average molecular weight is 339 g/mol. The second-order valence-corrected chi connectivity index (χ2v) is 5.96. The minimum atomic E-state index is -0.676. The Kier molecular flexibility index (Phi) is 8.92. The number of rotatable bonds is 12. The van der Waals surface area contributed by atoms with Gasteiger partial charge in [0.2, 0.25) is 0 Å². The standard InChI is InChI=1S/C18H29NO5/c1-18(2,19(9-12-22-3)10-13-23-4)17(21)15-5-7-16(8-6-15)24-14-11-20/h5-8,20H,9-14H2,1-4H3. The van der Waals surface area contributed by atoms with Gasteiger partial charge in [0.1, 0.15) is 12.4 Å². The zero-order chi connectivity index (χ0) is 18.0. The number of nitrogens with zero attached hydrogens (tertiary/aromatic N) is 1. The first kappa shape index (κ1) is 20.6. The molecule has 1 rings (SSSR count). The van der Waals surface area contributed by atoms with Crippen molar-refractivity contribution in [3.63, 3.8) is 0 Å². The topological polar surface area (TPSA) is 68.2 Å². The van der Waals surface area contributed by atoms with Gasteiger partial charge in [-0.25, -0.2) is 0 Å². The van der Waals surface area contributed by atoms with E-state index in [2.05, 4.69) is 4.90 Å². The Morgan fingerprint density at radius 2 is 1.58 bits per heavy atom. The van der Waals surface area contributed by atoms with Crippen molar-refractivity contribution in [2.75, 3.05) is 53.7 Å². The molecule has 0 saturated heterocycles. The minimum absolute atomic E-state index is 0.0309. The first-order chi connectivity index (χ1) is 11.5. The number of methoxy groups -OCH3 is 2. The molecule has 0 aliphatic rings. The van der Waals surface area contributed by atoms with E-state index in [9.17, 15) is 4.79 Å². The molecule has 0 atom stereocenters. The molecule has 0 spiro atoms. The zero-order valence-corrected chi connectivity index (χ0v) is 15.1. The number of hydrogen-bond donors (Lipinski definition) is 1. The third kappa shape index (κ3) is 5.87. The van der Waals surface area contributed by atoms with Crippen LogP contribution in [0.2, 0.25) is 0 Å². The highest BCUT2D eigenvalue weighted by Gasteiger charge is 2.34. The summed E-state index contributed by atoms with van der Waals surface area (Å²) in [6.07, 6.45) is 0. The van der Waals surface area contributed by atoms with Crippen LogP contribution in [0.4, 0.5) is 0 Å². The van der Waals surface area contributed by atoms with Crippen molar-refractivity contribution in [2.24, 2.45) is 0 Å². The SMILES string of the molecule is COCCN(CCOC)C(C)(C)C(=O)c1ccc(OCCO)cc1. The maximum absolute atomic E-state index is 13.0. The zero-order valence-electron chi connectivity index (χ0n) is 15.1. The molecule has 24 heavy (non-hydrogen) atoms. The number of hydrogen-bond acceptors (Lipinski definition) is 6. The molecule has 1 aromatic rings. The lowest BCUT2D eigenvalue weighted by atomic mass is 9.91. The quantitative estimate of drug-likeness (QED) is 0.584. The molecule has 0 aliphatic heterocycles. The Morgan fingerprint density at radius 3 is 2.04 bits per heavy atom. The van der Waals surface area contributed by atoms with Crippen molar-refractivity contribution in [3.05, 3.63) is 29.8 Å². The van der Waals surface area contributed by atoms with Gasteiger partial charge in [0, 0.05) is 32.9 Å². The Bertz CT molecular complexity index is 479. The van der Waals surface area contributed by atoms with E-state index >= 15 is 0 Å². The van der Waals surface area contributed by atoms with E-state index in [1.807, 2.05) is 13.8 Å². The van der Waals surface area contributed by atoms with Crippen LogP contribution < -0.4 is 4.74 Å². The molecule has 6 heteroatoms. The lowest BCUT2D eigenvalue weighted by molar-refractivity contribution is 0.0418. The molecule has 0 fully saturated rings. The number of ether oxygens (including phenoxy) is 3. The fraction of sp³-hybridized carbons (Fsp3) is 0.611. The molecule has 136 valence electrons. The summed E-state index contributed by atoms with van der Waals surface area (Å²) in [6, 6.07) is 6.99. The van der Waals surface area contributed by atoms with E-state index in [4.69, 9.17) is 19.3 Å². The summed E-state index contributed by atoms with van der Waals surface area (Å²) >= 11 is 0. The molecule has 0 saturated carbocycles. The van der Waals surface area contributed by atoms with Crippen molar-refractivity contribution >= 4 is 5.78 Å². The van der Waals surface area contributed by atoms with Gasteiger partial charge in [0.25, 0.3) is 0 Å². The number of benzene rings is 1. The van der Waals surface area contributed by atoms with Crippen molar-refractivity contribution in [1.29, 1.82) is 0 Å². The molecular weight excluding hydrogens is 310 g/mol. The molecule has 1 aromatic carbocycles. The molecule has 6 nitrogen and oxygen atoms in total. The highest BCUT2D eigenvalue weighted by atomic mass is 16.5. The Morgan fingerprint density at radius 1 is 1.04 bits per heavy atom. The number of aliphatic hydroxyl groups excluding tert-OH is 1. The largest absolute Gasteiger partial charge is 0.491 e. The number of ketones is 1. The summed E-state index contributed by atoms with van der Waals surface area (Å²) in [4.78, 5) is 15.0. The van der Waals surface area contributed by atoms with Crippen LogP contribution in [0.3, 0.4) is 0 Å². The molecule has 0 radical (unpaired) electrons. The fourth-order valence-electron chi connectivity index (χ4n) is 2.44. The Hall–Kier alpha value is -1.47. The second kappa shape index (κ2) is 10.4. The lowest BCUT2D eigenvalue weighted by Crippen LogP contribution is -2.52. The van der Waals surface area contributed by atoms with Crippen LogP contribution >= 0.6 is 0 Å². The smallest absolute Gasteiger partial charge is 0.182 e. The van der Waals surface area contributed by atoms with Crippen molar-refractivity contribution < 1.29 is 24.1 Å². The summed E-state index contributed by atoms with van der Waals surface area (Å²) in [5.74, 6) is 0.664. The van der Waals surface area contributed by atoms with Crippen LogP contribution in [0.15, 0.2) is 24.3 Å². The maximum atomic E-state index is 13.0. The third-order valence-corrected chi connectivity index (χ3v) is 3.95. The molecular formula is C18H29NO5. The normalized spacial score (nSPS) is 11.8. The van der Waals surface area contributed by atoms with E-state index in [0.717, 1.165) is 0 Å². The minimum Gasteiger partial charge on any atom is -0.491 e. The van der Waals surface area contributed by atoms with Crippen LogP contribution in [0.1, 0.15) is 24.2 Å². The van der Waals surface area contributed by atoms with Gasteiger partial charge in [-0.3, -0.25) is 9.69 Å². The highest BCUT2D eigenvalue weighted by molar-refractivity contribution is 6.02. The second-order valence-electron chi connectivity index (χ2n) is 5.96. The first-order valence-corrected chi connectivity index (χ1v) is 8.08. The fourth-order valence-corrected chi connectivity index (χ4v) is 2.44. The molecule has 0 amide bonds. The number of aliphatic hydroxyl groups is 1. The van der Waals surface area contributed by atoms with Gasteiger partial charge in [-0.1, -0.05) is 0 Å². The molecule has 0 unspecified atom stereocenters. The van der Waals surface area contributed by atoms with E-state index in [1.54, 1.807) is 38.5 Å². The van der Waals surface area contributed by atoms with E-state index < -0.39 is 5.54 Å². The van der Waals surface area contributed by atoms with Crippen LogP contribution in [0.25, 0.3) is 0 Å². The summed E-state index contributed by atoms with van der Waals surface area (Å²) in [5, 5.41) is 8.77. The molecule has 0 aliphatic carbocycles. The monoisotopic (exact) mass is 339 g/mol. The van der Waals surface area contributed by atoms with E-state index in [-0.39, 0.29) is 19.0 Å². The molecule has 0 heterocycles. The predicted molar refractivity (Wildman–Crippen MR) is 92.8 cm³/mol. The predicted octanol–water partition coefficient (Wildman–Crippen LogP) is 1.61. The summed E-state index contributed by atoms with van der Waals surface area (Å²) < 4.78 is 15.6. The molecule has 1 N–H and O–H groups in total. The highest BCUT2D eigenvalue weighted by Crippen LogP contribution is 2.22. The first-order valence-electron chi connectivity index (χ1n) is 8.08. The molecule has 0 bridgehead atoms. The van der Waals surface area contributed by atoms with Gasteiger partial charge < -0.3 is 19.3 Å². The Balaban J connectivity index is 2.86. The van der Waals surface area contributed by atoms with Crippen LogP contribution in [0, 0.1) is 0 Å². The van der Waals surface area contributed by atoms with Crippen LogP contribution in [-0.4, -0.2) is 75.1 Å². The van der Waals surface area contributed by atoms with E-state index in [1.165, 1.54) is 0 Å². The van der Waals surface area contributed by atoms with Crippen molar-refractivity contribution in [2.45, 2.75) is 19.4 Å². The lowest BCUT2D eigenvalue weighted by Gasteiger charge is -2.37. The summed E-state index contributed by atoms with van der Waals surface area (Å²) in [7, 11) is 3.29. The van der Waals surface area contributed by atoms with E-state index in [0.29, 0.717) is 37.6 Å². The van der Waals surface area contributed by atoms with Crippen molar-refractivity contribution in [3.8, 4) is 5.75 Å². The number of carbonyl (C=O) groups is 1.